The zero-order valence-corrected chi connectivity index (χ0v) is 13.0. The van der Waals surface area contributed by atoms with Crippen molar-refractivity contribution in [3.8, 4) is 0 Å². The summed E-state index contributed by atoms with van der Waals surface area (Å²) in [6.45, 7) is 0. The first-order valence-corrected chi connectivity index (χ1v) is 7.39. The molecule has 2 aliphatic heterocycles. The highest BCUT2D eigenvalue weighted by Crippen LogP contribution is 2.25. The van der Waals surface area contributed by atoms with Crippen molar-refractivity contribution >= 4 is 29.4 Å². The van der Waals surface area contributed by atoms with Crippen LogP contribution in [0.15, 0.2) is 36.4 Å². The highest BCUT2D eigenvalue weighted by atomic mass is 16.2. The highest BCUT2D eigenvalue weighted by molar-refractivity contribution is 6.24. The molecule has 7 nitrogen and oxygen atoms in total. The molecule has 2 aromatic rings. The molecule has 0 unspecified atom stereocenters. The Morgan fingerprint density at radius 2 is 1.28 bits per heavy atom. The Morgan fingerprint density at radius 3 is 1.96 bits per heavy atom. The maximum absolute atomic E-state index is 12.7. The third-order valence-corrected chi connectivity index (χ3v) is 4.35. The van der Waals surface area contributed by atoms with E-state index in [9.17, 15) is 24.0 Å². The lowest BCUT2D eigenvalue weighted by molar-refractivity contribution is 0.0691. The van der Waals surface area contributed by atoms with Gasteiger partial charge in [0.1, 0.15) is 0 Å². The largest absolute Gasteiger partial charge is 0.289 e. The molecule has 0 aromatic heterocycles. The summed E-state index contributed by atoms with van der Waals surface area (Å²) in [5.41, 5.74) is 1.23. The highest BCUT2D eigenvalue weighted by Gasteiger charge is 2.33. The van der Waals surface area contributed by atoms with Gasteiger partial charge in [-0.05, 0) is 24.3 Å². The van der Waals surface area contributed by atoms with Crippen molar-refractivity contribution in [2.45, 2.75) is 0 Å². The first-order chi connectivity index (χ1) is 11.9. The third-order valence-electron chi connectivity index (χ3n) is 4.35. The van der Waals surface area contributed by atoms with E-state index in [2.05, 4.69) is 5.32 Å². The van der Waals surface area contributed by atoms with Crippen LogP contribution < -0.4 is 5.32 Å². The molecule has 1 N–H and O–H groups in total. The molecule has 0 bridgehead atoms. The van der Waals surface area contributed by atoms with Gasteiger partial charge in [-0.3, -0.25) is 34.2 Å². The van der Waals surface area contributed by atoms with E-state index in [-0.39, 0.29) is 33.4 Å². The van der Waals surface area contributed by atoms with E-state index in [0.717, 1.165) is 4.90 Å². The van der Waals surface area contributed by atoms with Gasteiger partial charge >= 0.3 is 0 Å². The Balaban J connectivity index is 1.75. The van der Waals surface area contributed by atoms with E-state index in [0.29, 0.717) is 0 Å². The standard InChI is InChI=1S/C18H10N2O5/c1-20-17(24)11-5-3-9(7-13(11)18(20)25)14(21)8-2-4-10-12(6-8)16(23)19-15(10)22/h2-7H,1H3,(H,19,22,23). The summed E-state index contributed by atoms with van der Waals surface area (Å²) in [5.74, 6) is -2.33. The first kappa shape index (κ1) is 14.9. The van der Waals surface area contributed by atoms with Crippen molar-refractivity contribution in [3.05, 3.63) is 69.8 Å². The molecule has 4 amide bonds. The van der Waals surface area contributed by atoms with Gasteiger partial charge in [-0.25, -0.2) is 0 Å². The van der Waals surface area contributed by atoms with E-state index >= 15 is 0 Å². The van der Waals surface area contributed by atoms with E-state index in [4.69, 9.17) is 0 Å². The lowest BCUT2D eigenvalue weighted by Crippen LogP contribution is -2.24. The summed E-state index contributed by atoms with van der Waals surface area (Å²) in [5, 5.41) is 2.16. The normalized spacial score (nSPS) is 15.3. The fraction of sp³-hybridized carbons (Fsp3) is 0.0556. The van der Waals surface area contributed by atoms with Crippen LogP contribution >= 0.6 is 0 Å². The number of rotatable bonds is 2. The lowest BCUT2D eigenvalue weighted by Gasteiger charge is -2.04. The molecule has 0 radical (unpaired) electrons. The van der Waals surface area contributed by atoms with Crippen LogP contribution in [0.5, 0.6) is 0 Å². The number of nitrogens with one attached hydrogen (secondary N) is 1. The van der Waals surface area contributed by atoms with Crippen LogP contribution in [0, 0.1) is 0 Å². The average Bonchev–Trinajstić information content (AvgIpc) is 3.02. The van der Waals surface area contributed by atoms with E-state index < -0.39 is 29.4 Å². The Morgan fingerprint density at radius 1 is 0.760 bits per heavy atom. The maximum Gasteiger partial charge on any atom is 0.261 e. The number of hydrogen-bond acceptors (Lipinski definition) is 5. The number of benzene rings is 2. The fourth-order valence-corrected chi connectivity index (χ4v) is 2.98. The summed E-state index contributed by atoms with van der Waals surface area (Å²) in [6.07, 6.45) is 0. The average molecular weight is 334 g/mol. The summed E-state index contributed by atoms with van der Waals surface area (Å²) < 4.78 is 0. The van der Waals surface area contributed by atoms with Crippen molar-refractivity contribution in [2.75, 3.05) is 7.05 Å². The van der Waals surface area contributed by atoms with Crippen LogP contribution in [0.3, 0.4) is 0 Å². The van der Waals surface area contributed by atoms with Crippen molar-refractivity contribution in [2.24, 2.45) is 0 Å². The van der Waals surface area contributed by atoms with Crippen LogP contribution in [0.2, 0.25) is 0 Å². The molecule has 0 saturated heterocycles. The lowest BCUT2D eigenvalue weighted by atomic mass is 9.96. The Kier molecular flexibility index (Phi) is 2.95. The minimum Gasteiger partial charge on any atom is -0.289 e. The van der Waals surface area contributed by atoms with Crippen molar-refractivity contribution in [3.63, 3.8) is 0 Å². The Hall–Kier alpha value is -3.61. The minimum absolute atomic E-state index is 0.142. The second-order valence-corrected chi connectivity index (χ2v) is 5.80. The minimum atomic E-state index is -0.550. The smallest absolute Gasteiger partial charge is 0.261 e. The van der Waals surface area contributed by atoms with Gasteiger partial charge in [0.2, 0.25) is 0 Å². The molecule has 7 heteroatoms. The number of ketones is 1. The van der Waals surface area contributed by atoms with Crippen molar-refractivity contribution < 1.29 is 24.0 Å². The topological polar surface area (TPSA) is 101 Å². The van der Waals surface area contributed by atoms with Crippen LogP contribution in [0.4, 0.5) is 0 Å². The fourth-order valence-electron chi connectivity index (χ4n) is 2.98. The predicted octanol–water partition coefficient (Wildman–Crippen LogP) is 1.03. The molecule has 0 aliphatic carbocycles. The quantitative estimate of drug-likeness (QED) is 0.653. The molecule has 122 valence electrons. The Labute approximate surface area is 141 Å². The molecule has 0 fully saturated rings. The molecule has 2 aromatic carbocycles. The van der Waals surface area contributed by atoms with Gasteiger partial charge < -0.3 is 0 Å². The monoisotopic (exact) mass is 334 g/mol. The van der Waals surface area contributed by atoms with Gasteiger partial charge in [0.25, 0.3) is 23.6 Å². The van der Waals surface area contributed by atoms with Crippen LogP contribution in [-0.2, 0) is 0 Å². The van der Waals surface area contributed by atoms with Gasteiger partial charge in [-0.1, -0.05) is 12.1 Å². The molecule has 25 heavy (non-hydrogen) atoms. The number of imide groups is 2. The first-order valence-electron chi connectivity index (χ1n) is 7.39. The number of nitrogens with zero attached hydrogens (tertiary/aromatic N) is 1. The van der Waals surface area contributed by atoms with Crippen LogP contribution in [-0.4, -0.2) is 41.4 Å². The predicted molar refractivity (Wildman–Crippen MR) is 84.5 cm³/mol. The van der Waals surface area contributed by atoms with Gasteiger partial charge in [-0.2, -0.15) is 0 Å². The second kappa shape index (κ2) is 4.94. The molecule has 0 atom stereocenters. The van der Waals surface area contributed by atoms with Crippen molar-refractivity contribution in [1.29, 1.82) is 0 Å². The maximum atomic E-state index is 12.7. The summed E-state index contributed by atoms with van der Waals surface area (Å²) >= 11 is 0. The van der Waals surface area contributed by atoms with Crippen LogP contribution in [0.25, 0.3) is 0 Å². The van der Waals surface area contributed by atoms with Gasteiger partial charge in [-0.15, -0.1) is 0 Å². The molecular weight excluding hydrogens is 324 g/mol. The molecule has 4 rings (SSSR count). The molecule has 2 heterocycles. The van der Waals surface area contributed by atoms with E-state index in [1.807, 2.05) is 0 Å². The Bertz CT molecular complexity index is 1040. The summed E-state index contributed by atoms with van der Waals surface area (Å²) in [4.78, 5) is 60.9. The zero-order chi connectivity index (χ0) is 17.9. The number of hydrogen-bond donors (Lipinski definition) is 1. The zero-order valence-electron chi connectivity index (χ0n) is 13.0. The summed E-state index contributed by atoms with van der Waals surface area (Å²) in [7, 11) is 1.38. The SMILES string of the molecule is CN1C(=O)c2ccc(C(=O)c3ccc4c(c3)C(=O)NC4=O)cc2C1=O. The van der Waals surface area contributed by atoms with E-state index in [1.165, 1.54) is 43.4 Å². The molecule has 0 spiro atoms. The number of carbonyl (C=O) groups excluding carboxylic acids is 5. The molecule has 0 saturated carbocycles. The number of fused-ring (bicyclic) bond motifs is 2. The van der Waals surface area contributed by atoms with Crippen molar-refractivity contribution in [1.82, 2.24) is 10.2 Å². The molecular formula is C18H10N2O5. The second-order valence-electron chi connectivity index (χ2n) is 5.80. The number of amides is 4. The van der Waals surface area contributed by atoms with E-state index in [1.54, 1.807) is 0 Å². The van der Waals surface area contributed by atoms with Gasteiger partial charge in [0, 0.05) is 18.2 Å². The molecule has 2 aliphatic rings. The third kappa shape index (κ3) is 2.02. The summed E-state index contributed by atoms with van der Waals surface area (Å²) in [6, 6.07) is 8.49. The van der Waals surface area contributed by atoms with Crippen LogP contribution in [0.1, 0.15) is 57.4 Å². The van der Waals surface area contributed by atoms with Gasteiger partial charge in [0.15, 0.2) is 5.78 Å². The van der Waals surface area contributed by atoms with Gasteiger partial charge in [0.05, 0.1) is 22.3 Å². The number of carbonyl (C=O) groups is 5.